The van der Waals surface area contributed by atoms with Gasteiger partial charge in [-0.05, 0) is 6.42 Å². The number of nitrogens with one attached hydrogen (secondary N) is 1. The van der Waals surface area contributed by atoms with Crippen LogP contribution in [0.25, 0.3) is 0 Å². The average Bonchev–Trinajstić information content (AvgIpc) is 2.39. The lowest BCUT2D eigenvalue weighted by atomic mass is 10.1. The van der Waals surface area contributed by atoms with E-state index < -0.39 is 6.09 Å². The van der Waals surface area contributed by atoms with Crippen molar-refractivity contribution < 1.29 is 26.6 Å². The van der Waals surface area contributed by atoms with Gasteiger partial charge in [0.2, 0.25) is 0 Å². The smallest absolute Gasteiger partial charge is 0.461 e. The van der Waals surface area contributed by atoms with E-state index in [1.165, 1.54) is 25.7 Å². The van der Waals surface area contributed by atoms with Gasteiger partial charge in [-0.3, -0.25) is 0 Å². The number of carbonyl (C=O) groups is 1. The number of unbranched alkanes of at least 4 members (excludes halogenated alkanes) is 5. The molecule has 1 aromatic heterocycles. The Balaban J connectivity index is 0.00000324. The van der Waals surface area contributed by atoms with E-state index in [0.717, 1.165) is 12.8 Å². The molecule has 0 aliphatic heterocycles. The summed E-state index contributed by atoms with van der Waals surface area (Å²) in [6.45, 7) is 2.69. The highest BCUT2D eigenvalue weighted by Crippen LogP contribution is 2.04. The average molecular weight is 287 g/mol. The molecule has 0 unspecified atom stereocenters. The largest absolute Gasteiger partial charge is 1.00 e. The molecule has 1 aromatic rings. The van der Waals surface area contributed by atoms with E-state index in [-0.39, 0.29) is 12.4 Å². The van der Waals surface area contributed by atoms with Crippen LogP contribution < -0.4 is 22.5 Å². The number of halogens is 1. The molecule has 0 radical (unpaired) electrons. The number of nitrogens with zero attached hydrogens (tertiary/aromatic N) is 1. The molecule has 0 aromatic carbocycles. The number of amides is 1. The zero-order chi connectivity index (χ0) is 13.1. The van der Waals surface area contributed by atoms with E-state index in [1.54, 1.807) is 17.1 Å². The number of ether oxygens (including phenoxy) is 1. The Labute approximate surface area is 121 Å². The van der Waals surface area contributed by atoms with Gasteiger partial charge in [-0.1, -0.05) is 55.2 Å². The van der Waals surface area contributed by atoms with Crippen LogP contribution in [0.3, 0.4) is 0 Å². The summed E-state index contributed by atoms with van der Waals surface area (Å²) in [6.07, 6.45) is 10.2. The molecule has 1 rings (SSSR count). The van der Waals surface area contributed by atoms with E-state index in [0.29, 0.717) is 6.61 Å². The van der Waals surface area contributed by atoms with Gasteiger partial charge >= 0.3 is 6.09 Å². The van der Waals surface area contributed by atoms with Crippen LogP contribution in [-0.2, 0) is 4.74 Å². The second-order valence-electron chi connectivity index (χ2n) is 4.30. The number of aromatic nitrogens is 1. The van der Waals surface area contributed by atoms with Gasteiger partial charge in [0.05, 0.1) is 6.61 Å². The van der Waals surface area contributed by atoms with Gasteiger partial charge in [-0.15, -0.1) is 0 Å². The number of pyridine rings is 1. The van der Waals surface area contributed by atoms with Crippen molar-refractivity contribution >= 4 is 6.09 Å². The highest BCUT2D eigenvalue weighted by Gasteiger charge is 2.06. The van der Waals surface area contributed by atoms with E-state index in [9.17, 15) is 4.79 Å². The van der Waals surface area contributed by atoms with Crippen LogP contribution in [0.4, 0.5) is 4.79 Å². The molecule has 0 saturated carbocycles. The standard InChI is InChI=1S/C14H22N2O2.ClH/c1-2-3-4-5-6-10-13-18-14(17)15-16-11-8-7-9-12-16;/h7-9,11-12H,2-6,10,13H2,1H3;1H. The normalized spacial score (nSPS) is 9.53. The minimum absolute atomic E-state index is 0. The zero-order valence-electron chi connectivity index (χ0n) is 11.5. The highest BCUT2D eigenvalue weighted by molar-refractivity contribution is 5.73. The molecular formula is C14H23ClN2O2. The van der Waals surface area contributed by atoms with Crippen molar-refractivity contribution in [1.82, 2.24) is 0 Å². The van der Waals surface area contributed by atoms with Crippen molar-refractivity contribution in [3.63, 3.8) is 0 Å². The molecule has 5 heteroatoms. The van der Waals surface area contributed by atoms with Crippen molar-refractivity contribution in [1.29, 1.82) is 0 Å². The van der Waals surface area contributed by atoms with Gasteiger partial charge in [0.15, 0.2) is 12.4 Å². The maximum absolute atomic E-state index is 11.4. The van der Waals surface area contributed by atoms with Gasteiger partial charge in [-0.25, -0.2) is 4.79 Å². The molecule has 108 valence electrons. The monoisotopic (exact) mass is 286 g/mol. The van der Waals surface area contributed by atoms with E-state index in [2.05, 4.69) is 12.3 Å². The van der Waals surface area contributed by atoms with Gasteiger partial charge in [0.25, 0.3) is 0 Å². The topological polar surface area (TPSA) is 42.2 Å². The molecule has 0 spiro atoms. The summed E-state index contributed by atoms with van der Waals surface area (Å²) in [7, 11) is 0. The van der Waals surface area contributed by atoms with E-state index in [4.69, 9.17) is 4.74 Å². The molecule has 1 heterocycles. The first-order chi connectivity index (χ1) is 8.83. The first-order valence-corrected chi connectivity index (χ1v) is 6.73. The number of rotatable bonds is 8. The predicted molar refractivity (Wildman–Crippen MR) is 70.7 cm³/mol. The van der Waals surface area contributed by atoms with Crippen molar-refractivity contribution in [2.45, 2.75) is 45.4 Å². The summed E-state index contributed by atoms with van der Waals surface area (Å²) >= 11 is 0. The van der Waals surface area contributed by atoms with Gasteiger partial charge in [0, 0.05) is 12.1 Å². The summed E-state index contributed by atoms with van der Waals surface area (Å²) < 4.78 is 6.65. The third-order valence-corrected chi connectivity index (χ3v) is 2.67. The molecule has 1 amide bonds. The molecular weight excluding hydrogens is 264 g/mol. The molecule has 1 N–H and O–H groups in total. The van der Waals surface area contributed by atoms with Crippen LogP contribution >= 0.6 is 0 Å². The first kappa shape index (κ1) is 17.7. The molecule has 19 heavy (non-hydrogen) atoms. The molecule has 0 atom stereocenters. The van der Waals surface area contributed by atoms with Crippen molar-refractivity contribution in [3.8, 4) is 0 Å². The van der Waals surface area contributed by atoms with Crippen LogP contribution in [0.2, 0.25) is 0 Å². The van der Waals surface area contributed by atoms with Crippen LogP contribution in [0.1, 0.15) is 45.4 Å². The molecule has 0 saturated heterocycles. The summed E-state index contributed by atoms with van der Waals surface area (Å²) in [5, 5.41) is 0. The van der Waals surface area contributed by atoms with Crippen molar-refractivity contribution in [3.05, 3.63) is 30.6 Å². The van der Waals surface area contributed by atoms with Crippen LogP contribution in [0.5, 0.6) is 0 Å². The van der Waals surface area contributed by atoms with Crippen LogP contribution in [0, 0.1) is 0 Å². The minimum Gasteiger partial charge on any atom is -1.00 e. The maximum Gasteiger partial charge on any atom is 0.461 e. The number of hydrogen-bond donors (Lipinski definition) is 1. The second kappa shape index (κ2) is 11.8. The fourth-order valence-electron chi connectivity index (χ4n) is 1.66. The predicted octanol–water partition coefficient (Wildman–Crippen LogP) is 0.0187. The first-order valence-electron chi connectivity index (χ1n) is 6.73. The SMILES string of the molecule is CCCCCCCCOC(=O)N[n+]1ccccc1.[Cl-]. The number of carbonyl (C=O) groups excluding carboxylic acids is 1. The molecule has 0 bridgehead atoms. The Morgan fingerprint density at radius 2 is 1.68 bits per heavy atom. The molecule has 0 aliphatic rings. The molecule has 0 fully saturated rings. The number of hydrogen-bond acceptors (Lipinski definition) is 2. The van der Waals surface area contributed by atoms with Gasteiger partial charge < -0.3 is 17.1 Å². The van der Waals surface area contributed by atoms with E-state index in [1.807, 2.05) is 18.2 Å². The maximum atomic E-state index is 11.4. The minimum atomic E-state index is -0.403. The van der Waals surface area contributed by atoms with Crippen LogP contribution in [0.15, 0.2) is 30.6 Å². The Hall–Kier alpha value is -1.29. The summed E-state index contributed by atoms with van der Waals surface area (Å²) in [5.74, 6) is 0. The summed E-state index contributed by atoms with van der Waals surface area (Å²) in [6, 6.07) is 5.57. The fourth-order valence-corrected chi connectivity index (χ4v) is 1.66. The Morgan fingerprint density at radius 1 is 1.05 bits per heavy atom. The summed E-state index contributed by atoms with van der Waals surface area (Å²) in [5.41, 5.74) is 2.61. The van der Waals surface area contributed by atoms with Crippen molar-refractivity contribution in [2.75, 3.05) is 12.0 Å². The highest BCUT2D eigenvalue weighted by atomic mass is 35.5. The third-order valence-electron chi connectivity index (χ3n) is 2.67. The Kier molecular flexibility index (Phi) is 11.0. The molecule has 0 aliphatic carbocycles. The lowest BCUT2D eigenvalue weighted by molar-refractivity contribution is -0.642. The lowest BCUT2D eigenvalue weighted by Gasteiger charge is -2.03. The summed E-state index contributed by atoms with van der Waals surface area (Å²) in [4.78, 5) is 11.4. The quantitative estimate of drug-likeness (QED) is 0.541. The van der Waals surface area contributed by atoms with Crippen LogP contribution in [-0.4, -0.2) is 12.7 Å². The lowest BCUT2D eigenvalue weighted by Crippen LogP contribution is -3.00. The van der Waals surface area contributed by atoms with Gasteiger partial charge in [-0.2, -0.15) is 0 Å². The Morgan fingerprint density at radius 3 is 2.37 bits per heavy atom. The van der Waals surface area contributed by atoms with E-state index >= 15 is 0 Å². The van der Waals surface area contributed by atoms with Crippen molar-refractivity contribution in [2.24, 2.45) is 0 Å². The second-order valence-corrected chi connectivity index (χ2v) is 4.30. The van der Waals surface area contributed by atoms with Gasteiger partial charge in [0.1, 0.15) is 0 Å². The fraction of sp³-hybridized carbons (Fsp3) is 0.571. The molecule has 4 nitrogen and oxygen atoms in total. The Bertz CT molecular complexity index is 333. The third kappa shape index (κ3) is 9.31. The zero-order valence-corrected chi connectivity index (χ0v) is 12.2.